The third kappa shape index (κ3) is 69.9. The van der Waals surface area contributed by atoms with E-state index in [1.54, 1.807) is 6.08 Å². The highest BCUT2D eigenvalue weighted by Crippen LogP contribution is 2.38. The zero-order chi connectivity index (χ0) is 62.6. The zero-order valence-electron chi connectivity index (χ0n) is 58.3. The van der Waals surface area contributed by atoms with Crippen molar-refractivity contribution in [1.29, 1.82) is 0 Å². The van der Waals surface area contributed by atoms with Gasteiger partial charge in [0.1, 0.15) is 13.2 Å². The van der Waals surface area contributed by atoms with Gasteiger partial charge >= 0.3 is 0 Å². The number of hydrogen-bond donors (Lipinski definition) is 2. The van der Waals surface area contributed by atoms with Crippen LogP contribution in [0.25, 0.3) is 0 Å². The topological polar surface area (TPSA) is 108 Å². The quantitative estimate of drug-likeness (QED) is 0.0272. The Morgan fingerprint density at radius 1 is 0.407 bits per heavy atom. The molecule has 0 fully saturated rings. The molecule has 86 heavy (non-hydrogen) atoms. The molecule has 0 aromatic carbocycles. The van der Waals surface area contributed by atoms with Crippen LogP contribution in [-0.4, -0.2) is 68.5 Å². The Morgan fingerprint density at radius 2 is 0.674 bits per heavy atom. The molecule has 0 aliphatic rings. The molecule has 0 aromatic rings. The Labute approximate surface area is 537 Å². The highest BCUT2D eigenvalue weighted by atomic mass is 31.2. The van der Waals surface area contributed by atoms with Crippen LogP contribution in [0.15, 0.2) is 48.6 Å². The smallest absolute Gasteiger partial charge is 0.268 e. The van der Waals surface area contributed by atoms with Gasteiger partial charge in [0.25, 0.3) is 7.82 Å². The fraction of sp³-hybridized carbons (Fsp3) is 0.883. The molecule has 0 bridgehead atoms. The van der Waals surface area contributed by atoms with Crippen LogP contribution < -0.4 is 10.2 Å². The predicted octanol–water partition coefficient (Wildman–Crippen LogP) is 23.9. The lowest BCUT2D eigenvalue weighted by molar-refractivity contribution is -0.870. The molecule has 9 heteroatoms. The number of allylic oxidation sites excluding steroid dienone is 7. The first-order chi connectivity index (χ1) is 42.0. The summed E-state index contributed by atoms with van der Waals surface area (Å²) in [6.45, 7) is 4.70. The molecule has 0 saturated carbocycles. The summed E-state index contributed by atoms with van der Waals surface area (Å²) in [6.07, 6.45) is 92.6. The minimum atomic E-state index is -4.61. The van der Waals surface area contributed by atoms with E-state index in [1.807, 2.05) is 27.2 Å². The largest absolute Gasteiger partial charge is 0.756 e. The molecular weight excluding hydrogens is 1080 g/mol. The normalized spacial score (nSPS) is 13.8. The van der Waals surface area contributed by atoms with Gasteiger partial charge in [-0.3, -0.25) is 9.36 Å². The van der Waals surface area contributed by atoms with Crippen LogP contribution in [0.2, 0.25) is 0 Å². The van der Waals surface area contributed by atoms with Crippen molar-refractivity contribution in [3.8, 4) is 0 Å². The molecule has 0 aromatic heterocycles. The van der Waals surface area contributed by atoms with Gasteiger partial charge in [0.2, 0.25) is 5.91 Å². The fourth-order valence-electron chi connectivity index (χ4n) is 11.6. The number of amides is 1. The van der Waals surface area contributed by atoms with Gasteiger partial charge in [-0.1, -0.05) is 371 Å². The number of carbonyl (C=O) groups excluding carboxylic acids is 1. The summed E-state index contributed by atoms with van der Waals surface area (Å²) in [6, 6.07) is -0.888. The molecule has 0 rings (SSSR count). The maximum Gasteiger partial charge on any atom is 0.268 e. The summed E-state index contributed by atoms with van der Waals surface area (Å²) >= 11 is 0. The number of rotatable bonds is 71. The monoisotopic (exact) mass is 1230 g/mol. The van der Waals surface area contributed by atoms with Crippen molar-refractivity contribution in [2.45, 2.75) is 398 Å². The number of aliphatic hydroxyl groups excluding tert-OH is 1. The van der Waals surface area contributed by atoms with E-state index >= 15 is 0 Å². The van der Waals surface area contributed by atoms with Crippen LogP contribution in [0.3, 0.4) is 0 Å². The first-order valence-corrected chi connectivity index (χ1v) is 39.5. The molecule has 0 spiro atoms. The van der Waals surface area contributed by atoms with Crippen molar-refractivity contribution in [3.63, 3.8) is 0 Å². The van der Waals surface area contributed by atoms with Gasteiger partial charge < -0.3 is 28.8 Å². The molecule has 2 N–H and O–H groups in total. The number of quaternary nitrogens is 1. The number of unbranched alkanes of at least 4 members (excludes halogenated alkanes) is 52. The van der Waals surface area contributed by atoms with E-state index in [4.69, 9.17) is 9.05 Å². The van der Waals surface area contributed by atoms with E-state index in [0.717, 1.165) is 51.4 Å². The second-order valence-corrected chi connectivity index (χ2v) is 28.8. The number of likely N-dealkylation sites (N-methyl/N-ethyl adjacent to an activating group) is 1. The van der Waals surface area contributed by atoms with E-state index in [9.17, 15) is 19.4 Å². The van der Waals surface area contributed by atoms with Crippen LogP contribution >= 0.6 is 7.82 Å². The highest BCUT2D eigenvalue weighted by molar-refractivity contribution is 7.45. The molecule has 3 unspecified atom stereocenters. The van der Waals surface area contributed by atoms with Crippen molar-refractivity contribution in [3.05, 3.63) is 48.6 Å². The van der Waals surface area contributed by atoms with E-state index in [-0.39, 0.29) is 19.1 Å². The van der Waals surface area contributed by atoms with Crippen molar-refractivity contribution < 1.29 is 32.9 Å². The maximum atomic E-state index is 13.1. The molecular formula is C77H149N2O6P. The predicted molar refractivity (Wildman–Crippen MR) is 376 cm³/mol. The molecule has 1 amide bonds. The van der Waals surface area contributed by atoms with Crippen LogP contribution in [0.5, 0.6) is 0 Å². The average Bonchev–Trinajstić information content (AvgIpc) is 3.70. The number of aliphatic hydroxyl groups is 1. The van der Waals surface area contributed by atoms with E-state index in [0.29, 0.717) is 17.4 Å². The molecule has 0 radical (unpaired) electrons. The maximum absolute atomic E-state index is 13.1. The summed E-state index contributed by atoms with van der Waals surface area (Å²) in [7, 11) is 1.28. The van der Waals surface area contributed by atoms with Crippen LogP contribution in [-0.2, 0) is 18.4 Å². The lowest BCUT2D eigenvalue weighted by atomic mass is 10.0. The lowest BCUT2D eigenvalue weighted by Gasteiger charge is -2.29. The van der Waals surface area contributed by atoms with Crippen molar-refractivity contribution in [1.82, 2.24) is 5.32 Å². The number of phosphoric ester groups is 1. The van der Waals surface area contributed by atoms with Gasteiger partial charge in [-0.25, -0.2) is 0 Å². The van der Waals surface area contributed by atoms with E-state index in [2.05, 4.69) is 55.6 Å². The second kappa shape index (κ2) is 67.8. The summed E-state index contributed by atoms with van der Waals surface area (Å²) in [5.41, 5.74) is 0. The molecule has 0 heterocycles. The van der Waals surface area contributed by atoms with Crippen LogP contribution in [0, 0.1) is 0 Å². The molecule has 0 aliphatic carbocycles. The summed E-state index contributed by atoms with van der Waals surface area (Å²) in [5.74, 6) is -0.190. The van der Waals surface area contributed by atoms with Gasteiger partial charge in [-0.15, -0.1) is 0 Å². The first-order valence-electron chi connectivity index (χ1n) is 38.0. The van der Waals surface area contributed by atoms with Crippen molar-refractivity contribution in [2.75, 3.05) is 40.9 Å². The molecule has 8 nitrogen and oxygen atoms in total. The number of hydrogen-bond acceptors (Lipinski definition) is 6. The van der Waals surface area contributed by atoms with Gasteiger partial charge in [0.15, 0.2) is 0 Å². The highest BCUT2D eigenvalue weighted by Gasteiger charge is 2.23. The fourth-order valence-corrected chi connectivity index (χ4v) is 12.4. The summed E-state index contributed by atoms with van der Waals surface area (Å²) in [4.78, 5) is 25.7. The number of nitrogens with zero attached hydrogens (tertiary/aromatic N) is 1. The Bertz CT molecular complexity index is 1540. The Hall–Kier alpha value is -1.54. The van der Waals surface area contributed by atoms with Gasteiger partial charge in [-0.2, -0.15) is 0 Å². The Balaban J connectivity index is 3.99. The third-order valence-electron chi connectivity index (χ3n) is 17.5. The lowest BCUT2D eigenvalue weighted by Crippen LogP contribution is -2.45. The molecule has 0 saturated heterocycles. The number of phosphoric acid groups is 1. The minimum absolute atomic E-state index is 0.000576. The minimum Gasteiger partial charge on any atom is -0.756 e. The first kappa shape index (κ1) is 84.5. The second-order valence-electron chi connectivity index (χ2n) is 27.4. The third-order valence-corrected chi connectivity index (χ3v) is 18.5. The molecule has 0 aliphatic heterocycles. The van der Waals surface area contributed by atoms with Crippen LogP contribution in [0.1, 0.15) is 386 Å². The Morgan fingerprint density at radius 3 is 0.977 bits per heavy atom. The van der Waals surface area contributed by atoms with Gasteiger partial charge in [0, 0.05) is 6.42 Å². The van der Waals surface area contributed by atoms with E-state index in [1.165, 1.54) is 315 Å². The van der Waals surface area contributed by atoms with Gasteiger partial charge in [-0.05, 0) is 57.8 Å². The summed E-state index contributed by atoms with van der Waals surface area (Å²) in [5, 5.41) is 14.0. The van der Waals surface area contributed by atoms with Crippen LogP contribution in [0.4, 0.5) is 0 Å². The van der Waals surface area contributed by atoms with E-state index < -0.39 is 20.0 Å². The standard InChI is InChI=1S/C77H149N2O6P/c1-6-8-10-12-14-16-18-20-22-24-26-28-30-32-34-36-37-38-39-40-41-43-45-47-49-51-53-55-57-59-61-63-65-67-69-71-77(81)78-75(74-85-86(82,83)84-73-72-79(3,4)5)76(80)70-68-66-64-62-60-58-56-54-52-50-48-46-44-42-35-33-31-29-27-25-23-21-19-17-15-13-11-9-7-2/h18,20,24,26,30,32,68,70,75-76,80H,6-17,19,21-23,25,27-29,31,33-67,69,71-74H2,1-5H3,(H-,78,81,82,83)/b20-18-,26-24-,32-30-,70-68+. The average molecular weight is 1230 g/mol. The summed E-state index contributed by atoms with van der Waals surface area (Å²) < 4.78 is 23.5. The van der Waals surface area contributed by atoms with Gasteiger partial charge in [0.05, 0.1) is 39.9 Å². The van der Waals surface area contributed by atoms with Crippen molar-refractivity contribution in [2.24, 2.45) is 0 Å². The Kier molecular flexibility index (Phi) is 66.6. The molecule has 3 atom stereocenters. The SMILES string of the molecule is CCCCCCC/C=C\C/C=C\C/C=C\CCCCCCCCCCCCCCCCCCCCCCC(=O)NC(COP(=O)([O-])OCC[N+](C)(C)C)C(O)/C=C/CCCCCCCCCCCCCCCCCCCCCCCCCCCCC. The number of carbonyl (C=O) groups is 1. The number of nitrogens with one attached hydrogen (secondary N) is 1. The zero-order valence-corrected chi connectivity index (χ0v) is 59.2. The van der Waals surface area contributed by atoms with Crippen molar-refractivity contribution >= 4 is 13.7 Å². The molecule has 508 valence electrons.